The van der Waals surface area contributed by atoms with Gasteiger partial charge in [0.1, 0.15) is 0 Å². The molecule has 1 saturated heterocycles. The number of alkyl halides is 3. The SMILES string of the molecule is Cc1ccc(-n2c(C)cc(/C=C3/SC(=S)N(c4cccc(C(F)(F)F)c4)C3=O)c2C)cc1. The van der Waals surface area contributed by atoms with E-state index in [0.29, 0.717) is 4.91 Å². The summed E-state index contributed by atoms with van der Waals surface area (Å²) >= 11 is 6.41. The Balaban J connectivity index is 1.69. The summed E-state index contributed by atoms with van der Waals surface area (Å²) in [5.41, 5.74) is 4.27. The fourth-order valence-corrected chi connectivity index (χ4v) is 4.97. The maximum absolute atomic E-state index is 13.1. The summed E-state index contributed by atoms with van der Waals surface area (Å²) in [4.78, 5) is 14.6. The number of hydrogen-bond donors (Lipinski definition) is 0. The number of thioether (sulfide) groups is 1. The Morgan fingerprint density at radius 3 is 2.31 bits per heavy atom. The van der Waals surface area contributed by atoms with E-state index in [0.717, 1.165) is 57.0 Å². The number of amides is 1. The minimum absolute atomic E-state index is 0.107. The molecule has 0 atom stereocenters. The molecule has 3 nitrogen and oxygen atoms in total. The smallest absolute Gasteiger partial charge is 0.318 e. The third-order valence-electron chi connectivity index (χ3n) is 5.27. The van der Waals surface area contributed by atoms with Crippen molar-refractivity contribution < 1.29 is 18.0 Å². The summed E-state index contributed by atoms with van der Waals surface area (Å²) in [6.45, 7) is 5.97. The lowest BCUT2D eigenvalue weighted by molar-refractivity contribution is -0.137. The normalized spacial score (nSPS) is 15.8. The molecule has 4 rings (SSSR count). The number of nitrogens with zero attached hydrogens (tertiary/aromatic N) is 2. The predicted molar refractivity (Wildman–Crippen MR) is 127 cm³/mol. The lowest BCUT2D eigenvalue weighted by Crippen LogP contribution is -2.27. The Morgan fingerprint density at radius 2 is 1.66 bits per heavy atom. The number of aryl methyl sites for hydroxylation is 2. The first-order valence-corrected chi connectivity index (χ1v) is 11.0. The second kappa shape index (κ2) is 8.26. The molecular weight excluding hydrogens is 453 g/mol. The van der Waals surface area contributed by atoms with E-state index in [4.69, 9.17) is 12.2 Å². The van der Waals surface area contributed by atoms with Gasteiger partial charge >= 0.3 is 6.18 Å². The van der Waals surface area contributed by atoms with Gasteiger partial charge in [0.25, 0.3) is 5.91 Å². The Labute approximate surface area is 193 Å². The first-order chi connectivity index (χ1) is 15.1. The Bertz CT molecular complexity index is 1260. The van der Waals surface area contributed by atoms with Crippen molar-refractivity contribution in [2.24, 2.45) is 0 Å². The van der Waals surface area contributed by atoms with Gasteiger partial charge in [0.2, 0.25) is 0 Å². The van der Waals surface area contributed by atoms with Gasteiger partial charge in [0, 0.05) is 17.1 Å². The monoisotopic (exact) mass is 472 g/mol. The highest BCUT2D eigenvalue weighted by Crippen LogP contribution is 2.39. The van der Waals surface area contributed by atoms with Crippen molar-refractivity contribution in [2.75, 3.05) is 4.90 Å². The molecule has 1 amide bonds. The van der Waals surface area contributed by atoms with Crippen LogP contribution in [0.5, 0.6) is 0 Å². The molecule has 2 aromatic carbocycles. The van der Waals surface area contributed by atoms with Crippen molar-refractivity contribution in [1.82, 2.24) is 4.57 Å². The number of aromatic nitrogens is 1. The van der Waals surface area contributed by atoms with Gasteiger partial charge in [0.15, 0.2) is 4.32 Å². The predicted octanol–water partition coefficient (Wildman–Crippen LogP) is 6.83. The average Bonchev–Trinajstić information content (AvgIpc) is 3.17. The summed E-state index contributed by atoms with van der Waals surface area (Å²) in [6.07, 6.45) is -2.75. The number of carbonyl (C=O) groups is 1. The van der Waals surface area contributed by atoms with E-state index in [9.17, 15) is 18.0 Å². The molecule has 1 aromatic heterocycles. The van der Waals surface area contributed by atoms with Crippen LogP contribution in [0, 0.1) is 20.8 Å². The van der Waals surface area contributed by atoms with E-state index in [1.807, 2.05) is 51.1 Å². The highest BCUT2D eigenvalue weighted by Gasteiger charge is 2.36. The van der Waals surface area contributed by atoms with Crippen LogP contribution in [-0.4, -0.2) is 14.8 Å². The van der Waals surface area contributed by atoms with Crippen LogP contribution in [0.25, 0.3) is 11.8 Å². The molecule has 0 aliphatic carbocycles. The molecule has 0 unspecified atom stereocenters. The van der Waals surface area contributed by atoms with Gasteiger partial charge in [-0.3, -0.25) is 9.69 Å². The molecule has 2 heterocycles. The van der Waals surface area contributed by atoms with Crippen LogP contribution in [0.1, 0.15) is 28.1 Å². The highest BCUT2D eigenvalue weighted by atomic mass is 32.2. The van der Waals surface area contributed by atoms with Crippen LogP contribution in [-0.2, 0) is 11.0 Å². The van der Waals surface area contributed by atoms with Gasteiger partial charge < -0.3 is 4.57 Å². The molecular formula is C24H19F3N2OS2. The van der Waals surface area contributed by atoms with Crippen LogP contribution in [0.3, 0.4) is 0 Å². The Morgan fingerprint density at radius 1 is 0.969 bits per heavy atom. The maximum atomic E-state index is 13.1. The maximum Gasteiger partial charge on any atom is 0.416 e. The minimum atomic E-state index is -4.50. The lowest BCUT2D eigenvalue weighted by atomic mass is 10.1. The largest absolute Gasteiger partial charge is 0.416 e. The second-order valence-corrected chi connectivity index (χ2v) is 9.24. The van der Waals surface area contributed by atoms with Gasteiger partial charge in [0.05, 0.1) is 16.2 Å². The summed E-state index contributed by atoms with van der Waals surface area (Å²) in [5.74, 6) is -0.431. The van der Waals surface area contributed by atoms with Crippen molar-refractivity contribution >= 4 is 46.0 Å². The van der Waals surface area contributed by atoms with E-state index in [-0.39, 0.29) is 10.0 Å². The molecule has 0 saturated carbocycles. The minimum Gasteiger partial charge on any atom is -0.318 e. The number of benzene rings is 2. The standard InChI is InChI=1S/C24H19F3N2OS2/c1-14-7-9-19(10-8-14)28-15(2)11-17(16(28)3)12-21-22(30)29(23(31)32-21)20-6-4-5-18(13-20)24(25,26)27/h4-13H,1-3H3/b21-12+. The fraction of sp³-hybridized carbons (Fsp3) is 0.167. The topological polar surface area (TPSA) is 25.2 Å². The van der Waals surface area contributed by atoms with Crippen molar-refractivity contribution in [3.63, 3.8) is 0 Å². The zero-order valence-electron chi connectivity index (χ0n) is 17.5. The van der Waals surface area contributed by atoms with Gasteiger partial charge in [-0.1, -0.05) is 47.7 Å². The summed E-state index contributed by atoms with van der Waals surface area (Å²) in [7, 11) is 0. The van der Waals surface area contributed by atoms with Crippen LogP contribution < -0.4 is 4.90 Å². The molecule has 1 aliphatic heterocycles. The van der Waals surface area contributed by atoms with E-state index >= 15 is 0 Å². The molecule has 32 heavy (non-hydrogen) atoms. The van der Waals surface area contributed by atoms with E-state index in [1.54, 1.807) is 6.08 Å². The van der Waals surface area contributed by atoms with Crippen LogP contribution in [0.2, 0.25) is 0 Å². The number of rotatable bonds is 3. The highest BCUT2D eigenvalue weighted by molar-refractivity contribution is 8.27. The van der Waals surface area contributed by atoms with Crippen LogP contribution >= 0.6 is 24.0 Å². The van der Waals surface area contributed by atoms with Gasteiger partial charge in [-0.15, -0.1) is 0 Å². The van der Waals surface area contributed by atoms with Crippen LogP contribution in [0.4, 0.5) is 18.9 Å². The van der Waals surface area contributed by atoms with Gasteiger partial charge in [-0.05, 0) is 68.8 Å². The third kappa shape index (κ3) is 4.12. The van der Waals surface area contributed by atoms with Gasteiger partial charge in [-0.2, -0.15) is 13.2 Å². The molecule has 1 fully saturated rings. The van der Waals surface area contributed by atoms with Crippen molar-refractivity contribution in [3.8, 4) is 5.69 Å². The second-order valence-electron chi connectivity index (χ2n) is 7.56. The zero-order valence-corrected chi connectivity index (χ0v) is 19.2. The molecule has 0 spiro atoms. The molecule has 0 radical (unpaired) electrons. The first-order valence-electron chi connectivity index (χ1n) is 9.77. The van der Waals surface area contributed by atoms with E-state index in [1.165, 1.54) is 12.1 Å². The fourth-order valence-electron chi connectivity index (χ4n) is 3.68. The van der Waals surface area contributed by atoms with E-state index < -0.39 is 17.6 Å². The first kappa shape index (κ1) is 22.4. The average molecular weight is 473 g/mol. The zero-order chi connectivity index (χ0) is 23.2. The van der Waals surface area contributed by atoms with Gasteiger partial charge in [-0.25, -0.2) is 0 Å². The molecule has 0 N–H and O–H groups in total. The molecule has 3 aromatic rings. The number of halogens is 3. The third-order valence-corrected chi connectivity index (χ3v) is 6.58. The molecule has 0 bridgehead atoms. The number of anilines is 1. The molecule has 8 heteroatoms. The molecule has 1 aliphatic rings. The van der Waals surface area contributed by atoms with Crippen molar-refractivity contribution in [3.05, 3.63) is 87.6 Å². The number of thiocarbonyl (C=S) groups is 1. The molecule has 164 valence electrons. The summed E-state index contributed by atoms with van der Waals surface area (Å²) in [5, 5.41) is 0. The number of carbonyl (C=O) groups excluding carboxylic acids is 1. The van der Waals surface area contributed by atoms with E-state index in [2.05, 4.69) is 4.57 Å². The van der Waals surface area contributed by atoms with Crippen LogP contribution in [0.15, 0.2) is 59.5 Å². The summed E-state index contributed by atoms with van der Waals surface area (Å²) < 4.78 is 41.6. The quantitative estimate of drug-likeness (QED) is 0.309. The van der Waals surface area contributed by atoms with Crippen molar-refractivity contribution in [1.29, 1.82) is 0 Å². The Hall–Kier alpha value is -2.84. The van der Waals surface area contributed by atoms with Crippen molar-refractivity contribution in [2.45, 2.75) is 26.9 Å². The lowest BCUT2D eigenvalue weighted by Gasteiger charge is -2.16. The Kier molecular flexibility index (Phi) is 5.77. The summed E-state index contributed by atoms with van der Waals surface area (Å²) in [6, 6.07) is 14.8. The number of hydrogen-bond acceptors (Lipinski definition) is 3.